The molecular formula is C21H22F2N2O3. The van der Waals surface area contributed by atoms with Crippen molar-refractivity contribution in [2.75, 3.05) is 13.7 Å². The van der Waals surface area contributed by atoms with E-state index in [4.69, 9.17) is 9.47 Å². The highest BCUT2D eigenvalue weighted by atomic mass is 19.3. The Morgan fingerprint density at radius 2 is 2.14 bits per heavy atom. The van der Waals surface area contributed by atoms with E-state index in [0.717, 1.165) is 28.0 Å². The number of halogens is 2. The number of fused-ring (bicyclic) bond motifs is 1. The summed E-state index contributed by atoms with van der Waals surface area (Å²) in [6.45, 7) is 2.53. The first-order valence-corrected chi connectivity index (χ1v) is 9.18. The topological polar surface area (TPSA) is 43.0 Å². The van der Waals surface area contributed by atoms with Gasteiger partial charge in [-0.05, 0) is 65.3 Å². The summed E-state index contributed by atoms with van der Waals surface area (Å²) in [5.74, 6) is 0.484. The van der Waals surface area contributed by atoms with Crippen LogP contribution in [0.3, 0.4) is 0 Å². The van der Waals surface area contributed by atoms with E-state index in [0.29, 0.717) is 25.1 Å². The molecule has 0 aromatic heterocycles. The second-order valence-corrected chi connectivity index (χ2v) is 7.09. The number of benzene rings is 1. The molecule has 7 heteroatoms. The molecule has 0 saturated heterocycles. The Bertz CT molecular complexity index is 892. The van der Waals surface area contributed by atoms with E-state index in [1.807, 2.05) is 31.2 Å². The van der Waals surface area contributed by atoms with E-state index < -0.39 is 6.04 Å². The van der Waals surface area contributed by atoms with Crippen molar-refractivity contribution in [1.82, 2.24) is 10.4 Å². The van der Waals surface area contributed by atoms with Crippen LogP contribution in [-0.2, 0) is 9.78 Å². The van der Waals surface area contributed by atoms with E-state index in [-0.39, 0.29) is 11.9 Å². The summed E-state index contributed by atoms with van der Waals surface area (Å²) in [6.07, 6.45) is 7.13. The van der Waals surface area contributed by atoms with Crippen LogP contribution >= 0.6 is 0 Å². The summed E-state index contributed by atoms with van der Waals surface area (Å²) in [7, 11) is 1.62. The van der Waals surface area contributed by atoms with Crippen LogP contribution in [0, 0.1) is 6.92 Å². The first-order chi connectivity index (χ1) is 13.6. The van der Waals surface area contributed by atoms with E-state index in [1.54, 1.807) is 13.4 Å². The maximum atomic E-state index is 13.5. The molecule has 148 valence electrons. The van der Waals surface area contributed by atoms with Gasteiger partial charge in [0.15, 0.2) is 0 Å². The Balaban J connectivity index is 1.50. The fourth-order valence-electron chi connectivity index (χ4n) is 3.91. The molecule has 3 aliphatic rings. The van der Waals surface area contributed by atoms with E-state index >= 15 is 0 Å². The average molecular weight is 388 g/mol. The molecular weight excluding hydrogens is 366 g/mol. The first kappa shape index (κ1) is 18.6. The molecule has 0 bridgehead atoms. The van der Waals surface area contributed by atoms with Gasteiger partial charge in [0.05, 0.1) is 13.4 Å². The lowest BCUT2D eigenvalue weighted by Gasteiger charge is -2.27. The molecule has 28 heavy (non-hydrogen) atoms. The molecule has 2 atom stereocenters. The van der Waals surface area contributed by atoms with Gasteiger partial charge in [0, 0.05) is 24.0 Å². The first-order valence-electron chi connectivity index (χ1n) is 9.18. The molecule has 1 N–H and O–H groups in total. The number of hydrogen-bond donors (Lipinski definition) is 1. The van der Waals surface area contributed by atoms with Gasteiger partial charge in [0.1, 0.15) is 23.7 Å². The predicted octanol–water partition coefficient (Wildman–Crippen LogP) is 4.46. The molecule has 0 fully saturated rings. The van der Waals surface area contributed by atoms with Crippen LogP contribution in [0.15, 0.2) is 65.5 Å². The normalized spacial score (nSPS) is 23.2. The lowest BCUT2D eigenvalue weighted by molar-refractivity contribution is -0.319. The molecule has 2 unspecified atom stereocenters. The third kappa shape index (κ3) is 3.38. The van der Waals surface area contributed by atoms with Crippen molar-refractivity contribution in [3.8, 4) is 5.75 Å². The van der Waals surface area contributed by atoms with Crippen LogP contribution in [0.2, 0.25) is 0 Å². The quantitative estimate of drug-likeness (QED) is 0.779. The highest BCUT2D eigenvalue weighted by Gasteiger charge is 2.43. The number of methoxy groups -OCH3 is 1. The largest absolute Gasteiger partial charge is 0.496 e. The Kier molecular flexibility index (Phi) is 5.09. The fraction of sp³-hybridized carbons (Fsp3) is 0.333. The predicted molar refractivity (Wildman–Crippen MR) is 100 cm³/mol. The van der Waals surface area contributed by atoms with Gasteiger partial charge in [0.2, 0.25) is 0 Å². The van der Waals surface area contributed by atoms with Gasteiger partial charge < -0.3 is 14.8 Å². The number of nitrogens with zero attached hydrogens (tertiary/aromatic N) is 1. The molecule has 3 heterocycles. The summed E-state index contributed by atoms with van der Waals surface area (Å²) in [6, 6.07) is 5.36. The molecule has 1 aromatic carbocycles. The van der Waals surface area contributed by atoms with Gasteiger partial charge in [0.25, 0.3) is 0 Å². The lowest BCUT2D eigenvalue weighted by atomic mass is 9.98. The number of dihydropyridines is 1. The zero-order valence-corrected chi connectivity index (χ0v) is 15.7. The van der Waals surface area contributed by atoms with Gasteiger partial charge in [-0.2, -0.15) is 0 Å². The van der Waals surface area contributed by atoms with E-state index in [1.165, 1.54) is 17.3 Å². The Hall–Kier alpha value is -2.80. The lowest BCUT2D eigenvalue weighted by Crippen LogP contribution is -2.33. The molecule has 0 radical (unpaired) electrons. The molecule has 0 aliphatic carbocycles. The highest BCUT2D eigenvalue weighted by Crippen LogP contribution is 2.44. The SMILES string of the molecule is COc1ccc(C2OC=C3C=C(CCC4=CC(F)=CNC4)N(OF)C32)cc1C. The minimum absolute atomic E-state index is 0.303. The minimum atomic E-state index is -0.400. The van der Waals surface area contributed by atoms with Crippen LogP contribution in [0.5, 0.6) is 5.75 Å². The van der Waals surface area contributed by atoms with Gasteiger partial charge in [-0.25, -0.2) is 9.45 Å². The number of hydroxylamine groups is 2. The maximum Gasteiger partial charge on any atom is 0.150 e. The smallest absolute Gasteiger partial charge is 0.150 e. The number of hydrogen-bond acceptors (Lipinski definition) is 5. The van der Waals surface area contributed by atoms with Crippen LogP contribution in [0.4, 0.5) is 8.92 Å². The second kappa shape index (κ2) is 7.67. The van der Waals surface area contributed by atoms with Crippen molar-refractivity contribution in [2.24, 2.45) is 0 Å². The molecule has 0 saturated carbocycles. The number of nitrogens with one attached hydrogen (secondary N) is 1. The van der Waals surface area contributed by atoms with Crippen molar-refractivity contribution in [1.29, 1.82) is 0 Å². The fourth-order valence-corrected chi connectivity index (χ4v) is 3.91. The highest BCUT2D eigenvalue weighted by molar-refractivity contribution is 5.43. The van der Waals surface area contributed by atoms with Crippen LogP contribution in [0.25, 0.3) is 0 Å². The number of aryl methyl sites for hydroxylation is 1. The number of rotatable bonds is 6. The van der Waals surface area contributed by atoms with E-state index in [2.05, 4.69) is 10.4 Å². The van der Waals surface area contributed by atoms with Gasteiger partial charge in [-0.15, -0.1) is 0 Å². The molecule has 4 rings (SSSR count). The van der Waals surface area contributed by atoms with Gasteiger partial charge in [-0.3, -0.25) is 0 Å². The van der Waals surface area contributed by atoms with Crippen LogP contribution in [0.1, 0.15) is 30.1 Å². The minimum Gasteiger partial charge on any atom is -0.496 e. The summed E-state index contributed by atoms with van der Waals surface area (Å²) in [5, 5.41) is 8.36. The Morgan fingerprint density at radius 3 is 2.86 bits per heavy atom. The standard InChI is InChI=1S/C21H22F2N2O3/c1-13-7-15(4-6-19(13)26-2)21-20-16(12-27-21)9-18(25(20)28-23)5-3-14-8-17(22)11-24-10-14/h4,6-9,11-12,20-21,24H,3,5,10H2,1-2H3. The van der Waals surface area contributed by atoms with Crippen LogP contribution in [-0.4, -0.2) is 24.8 Å². The number of allylic oxidation sites excluding steroid dienone is 3. The van der Waals surface area contributed by atoms with Crippen LogP contribution < -0.4 is 10.1 Å². The van der Waals surface area contributed by atoms with Gasteiger partial charge in [-0.1, -0.05) is 11.1 Å². The van der Waals surface area contributed by atoms with Crippen molar-refractivity contribution in [3.63, 3.8) is 0 Å². The summed E-state index contributed by atoms with van der Waals surface area (Å²) in [4.78, 5) is 0. The van der Waals surface area contributed by atoms with Crippen molar-refractivity contribution in [2.45, 2.75) is 31.9 Å². The molecule has 5 nitrogen and oxygen atoms in total. The molecule has 1 aromatic rings. The second-order valence-electron chi connectivity index (χ2n) is 7.09. The van der Waals surface area contributed by atoms with Crippen molar-refractivity contribution < 1.29 is 23.4 Å². The number of ether oxygens (including phenoxy) is 2. The molecule has 0 amide bonds. The zero-order valence-electron chi connectivity index (χ0n) is 15.7. The maximum absolute atomic E-state index is 13.5. The third-order valence-electron chi connectivity index (χ3n) is 5.28. The van der Waals surface area contributed by atoms with E-state index in [9.17, 15) is 8.92 Å². The Morgan fingerprint density at radius 1 is 1.29 bits per heavy atom. The Labute approximate surface area is 162 Å². The zero-order chi connectivity index (χ0) is 19.7. The third-order valence-corrected chi connectivity index (χ3v) is 5.28. The van der Waals surface area contributed by atoms with Crippen molar-refractivity contribution >= 4 is 0 Å². The average Bonchev–Trinajstić information content (AvgIpc) is 3.25. The monoisotopic (exact) mass is 388 g/mol. The summed E-state index contributed by atoms with van der Waals surface area (Å²) < 4.78 is 38.0. The van der Waals surface area contributed by atoms with Crippen molar-refractivity contribution in [3.05, 3.63) is 76.6 Å². The molecule has 3 aliphatic heterocycles. The summed E-state index contributed by atoms with van der Waals surface area (Å²) in [5.41, 5.74) is 4.37. The molecule has 0 spiro atoms. The summed E-state index contributed by atoms with van der Waals surface area (Å²) >= 11 is 0. The van der Waals surface area contributed by atoms with Gasteiger partial charge >= 0.3 is 0 Å².